The molecule has 18 heavy (non-hydrogen) atoms. The number of hydrogen-bond acceptors (Lipinski definition) is 2. The molecule has 0 amide bonds. The summed E-state index contributed by atoms with van der Waals surface area (Å²) in [5.41, 5.74) is 1.77. The monoisotopic (exact) mass is 320 g/mol. The van der Waals surface area contributed by atoms with Crippen LogP contribution in [-0.2, 0) is 0 Å². The van der Waals surface area contributed by atoms with E-state index in [9.17, 15) is 5.26 Å². The Morgan fingerprint density at radius 3 is 2.39 bits per heavy atom. The third-order valence-electron chi connectivity index (χ3n) is 2.51. The second-order valence-electron chi connectivity index (χ2n) is 3.74. The van der Waals surface area contributed by atoms with Gasteiger partial charge in [0.1, 0.15) is 6.04 Å². The highest BCUT2D eigenvalue weighted by Crippen LogP contribution is 2.26. The van der Waals surface area contributed by atoms with Crippen LogP contribution in [0.25, 0.3) is 0 Å². The SMILES string of the molecule is N#CC(Nc1ccccc1Br)c1ccc(Cl)cc1. The molecule has 1 N–H and O–H groups in total. The Morgan fingerprint density at radius 2 is 1.78 bits per heavy atom. The fourth-order valence-corrected chi connectivity index (χ4v) is 2.10. The van der Waals surface area contributed by atoms with Crippen molar-refractivity contribution in [3.63, 3.8) is 0 Å². The summed E-state index contributed by atoms with van der Waals surface area (Å²) in [7, 11) is 0. The van der Waals surface area contributed by atoms with Crippen molar-refractivity contribution in [2.45, 2.75) is 6.04 Å². The first-order valence-electron chi connectivity index (χ1n) is 5.37. The van der Waals surface area contributed by atoms with Crippen LogP contribution in [0.15, 0.2) is 53.0 Å². The summed E-state index contributed by atoms with van der Waals surface area (Å²) in [6.45, 7) is 0. The molecule has 0 aliphatic carbocycles. The van der Waals surface area contributed by atoms with Crippen LogP contribution in [0.3, 0.4) is 0 Å². The molecule has 0 aliphatic rings. The Hall–Kier alpha value is -1.50. The molecule has 0 radical (unpaired) electrons. The molecule has 1 unspecified atom stereocenters. The summed E-state index contributed by atoms with van der Waals surface area (Å²) in [6, 6.07) is 16.8. The van der Waals surface area contributed by atoms with Gasteiger partial charge in [-0.1, -0.05) is 35.9 Å². The molecular weight excluding hydrogens is 312 g/mol. The van der Waals surface area contributed by atoms with Crippen LogP contribution in [0.1, 0.15) is 11.6 Å². The first-order valence-corrected chi connectivity index (χ1v) is 6.54. The van der Waals surface area contributed by atoms with Gasteiger partial charge in [-0.3, -0.25) is 0 Å². The van der Waals surface area contributed by atoms with Gasteiger partial charge in [-0.25, -0.2) is 0 Å². The van der Waals surface area contributed by atoms with Crippen molar-refractivity contribution in [2.24, 2.45) is 0 Å². The third kappa shape index (κ3) is 3.04. The van der Waals surface area contributed by atoms with Crippen LogP contribution in [0.4, 0.5) is 5.69 Å². The second-order valence-corrected chi connectivity index (χ2v) is 5.03. The Labute approximate surface area is 119 Å². The first-order chi connectivity index (χ1) is 8.70. The van der Waals surface area contributed by atoms with Crippen LogP contribution >= 0.6 is 27.5 Å². The number of nitriles is 1. The second kappa shape index (κ2) is 5.90. The topological polar surface area (TPSA) is 35.8 Å². The molecule has 0 aromatic heterocycles. The maximum atomic E-state index is 9.24. The van der Waals surface area contributed by atoms with Gasteiger partial charge in [0.25, 0.3) is 0 Å². The van der Waals surface area contributed by atoms with Gasteiger partial charge in [-0.05, 0) is 45.8 Å². The zero-order chi connectivity index (χ0) is 13.0. The van der Waals surface area contributed by atoms with E-state index in [2.05, 4.69) is 27.3 Å². The Morgan fingerprint density at radius 1 is 1.11 bits per heavy atom. The van der Waals surface area contributed by atoms with E-state index in [0.29, 0.717) is 5.02 Å². The zero-order valence-electron chi connectivity index (χ0n) is 9.40. The Bertz CT molecular complexity index is 575. The number of hydrogen-bond donors (Lipinski definition) is 1. The molecule has 0 heterocycles. The van der Waals surface area contributed by atoms with E-state index in [0.717, 1.165) is 15.7 Å². The van der Waals surface area contributed by atoms with Crippen LogP contribution in [0.2, 0.25) is 5.02 Å². The number of anilines is 1. The number of para-hydroxylation sites is 1. The van der Waals surface area contributed by atoms with E-state index in [1.54, 1.807) is 12.1 Å². The fourth-order valence-electron chi connectivity index (χ4n) is 1.58. The molecule has 0 spiro atoms. The minimum Gasteiger partial charge on any atom is -0.365 e. The van der Waals surface area contributed by atoms with Crippen LogP contribution < -0.4 is 5.32 Å². The molecular formula is C14H10BrClN2. The van der Waals surface area contributed by atoms with Gasteiger partial charge in [0.05, 0.1) is 6.07 Å². The van der Waals surface area contributed by atoms with E-state index in [-0.39, 0.29) is 0 Å². The summed E-state index contributed by atoms with van der Waals surface area (Å²) in [4.78, 5) is 0. The molecule has 0 saturated carbocycles. The number of benzene rings is 2. The Balaban J connectivity index is 2.23. The van der Waals surface area contributed by atoms with E-state index >= 15 is 0 Å². The molecule has 0 aliphatic heterocycles. The lowest BCUT2D eigenvalue weighted by molar-refractivity contribution is 0.996. The fraction of sp³-hybridized carbons (Fsp3) is 0.0714. The average molecular weight is 322 g/mol. The highest BCUT2D eigenvalue weighted by molar-refractivity contribution is 9.10. The minimum atomic E-state index is -0.402. The largest absolute Gasteiger partial charge is 0.365 e. The van der Waals surface area contributed by atoms with Crippen molar-refractivity contribution in [1.82, 2.24) is 0 Å². The van der Waals surface area contributed by atoms with Gasteiger partial charge in [-0.2, -0.15) is 5.26 Å². The van der Waals surface area contributed by atoms with Gasteiger partial charge in [0.2, 0.25) is 0 Å². The number of nitrogens with zero attached hydrogens (tertiary/aromatic N) is 1. The van der Waals surface area contributed by atoms with Crippen molar-refractivity contribution in [3.05, 3.63) is 63.6 Å². The quantitative estimate of drug-likeness (QED) is 0.883. The van der Waals surface area contributed by atoms with Gasteiger partial charge in [-0.15, -0.1) is 0 Å². The standard InChI is InChI=1S/C14H10BrClN2/c15-12-3-1-2-4-13(12)18-14(9-17)10-5-7-11(16)8-6-10/h1-8,14,18H. The van der Waals surface area contributed by atoms with Crippen molar-refractivity contribution in [2.75, 3.05) is 5.32 Å². The molecule has 90 valence electrons. The van der Waals surface area contributed by atoms with Gasteiger partial charge in [0, 0.05) is 15.2 Å². The van der Waals surface area contributed by atoms with Crippen LogP contribution in [0.5, 0.6) is 0 Å². The maximum absolute atomic E-state index is 9.24. The van der Waals surface area contributed by atoms with Gasteiger partial charge in [0.15, 0.2) is 0 Å². The minimum absolute atomic E-state index is 0.402. The van der Waals surface area contributed by atoms with E-state index in [4.69, 9.17) is 11.6 Å². The smallest absolute Gasteiger partial charge is 0.140 e. The molecule has 2 aromatic carbocycles. The highest BCUT2D eigenvalue weighted by Gasteiger charge is 2.11. The summed E-state index contributed by atoms with van der Waals surface area (Å²) in [5, 5.41) is 13.1. The maximum Gasteiger partial charge on any atom is 0.140 e. The van der Waals surface area contributed by atoms with E-state index in [1.165, 1.54) is 0 Å². The molecule has 2 aromatic rings. The molecule has 0 fully saturated rings. The summed E-state index contributed by atoms with van der Waals surface area (Å²) in [6.07, 6.45) is 0. The normalized spacial score (nSPS) is 11.6. The first kappa shape index (κ1) is 12.9. The van der Waals surface area contributed by atoms with Crippen molar-refractivity contribution < 1.29 is 0 Å². The number of rotatable bonds is 3. The van der Waals surface area contributed by atoms with Crippen molar-refractivity contribution in [1.29, 1.82) is 5.26 Å². The number of nitrogens with one attached hydrogen (secondary N) is 1. The molecule has 0 saturated heterocycles. The third-order valence-corrected chi connectivity index (χ3v) is 3.45. The molecule has 2 nitrogen and oxygen atoms in total. The highest BCUT2D eigenvalue weighted by atomic mass is 79.9. The van der Waals surface area contributed by atoms with Gasteiger partial charge >= 0.3 is 0 Å². The van der Waals surface area contributed by atoms with E-state index in [1.807, 2.05) is 36.4 Å². The summed E-state index contributed by atoms with van der Waals surface area (Å²) < 4.78 is 0.930. The summed E-state index contributed by atoms with van der Waals surface area (Å²) in [5.74, 6) is 0. The lowest BCUT2D eigenvalue weighted by Gasteiger charge is -2.14. The van der Waals surface area contributed by atoms with E-state index < -0.39 is 6.04 Å². The molecule has 2 rings (SSSR count). The predicted octanol–water partition coefficient (Wildman–Crippen LogP) is 4.78. The zero-order valence-corrected chi connectivity index (χ0v) is 11.7. The van der Waals surface area contributed by atoms with Crippen LogP contribution in [0, 0.1) is 11.3 Å². The summed E-state index contributed by atoms with van der Waals surface area (Å²) >= 11 is 9.28. The average Bonchev–Trinajstić information content (AvgIpc) is 2.39. The Kier molecular flexibility index (Phi) is 4.24. The van der Waals surface area contributed by atoms with Crippen molar-refractivity contribution >= 4 is 33.2 Å². The molecule has 4 heteroatoms. The molecule has 0 bridgehead atoms. The molecule has 1 atom stereocenters. The van der Waals surface area contributed by atoms with Crippen molar-refractivity contribution in [3.8, 4) is 6.07 Å². The predicted molar refractivity (Wildman–Crippen MR) is 77.6 cm³/mol. The lowest BCUT2D eigenvalue weighted by atomic mass is 10.1. The number of halogens is 2. The van der Waals surface area contributed by atoms with Crippen LogP contribution in [-0.4, -0.2) is 0 Å². The van der Waals surface area contributed by atoms with Gasteiger partial charge < -0.3 is 5.32 Å². The lowest BCUT2D eigenvalue weighted by Crippen LogP contribution is -2.08.